The summed E-state index contributed by atoms with van der Waals surface area (Å²) in [7, 11) is 0. The van der Waals surface area contributed by atoms with Gasteiger partial charge in [0.25, 0.3) is 0 Å². The van der Waals surface area contributed by atoms with Gasteiger partial charge in [0.2, 0.25) is 0 Å². The van der Waals surface area contributed by atoms with Crippen LogP contribution in [0.3, 0.4) is 0 Å². The largest absolute Gasteiger partial charge is 0.309 e. The lowest BCUT2D eigenvalue weighted by molar-refractivity contribution is 1.07. The summed E-state index contributed by atoms with van der Waals surface area (Å²) in [5.74, 6) is 1.94. The molecule has 8 aromatic carbocycles. The van der Waals surface area contributed by atoms with E-state index in [0.717, 1.165) is 44.0 Å². The molecule has 0 saturated heterocycles. The predicted octanol–water partition coefficient (Wildman–Crippen LogP) is 13.1. The number of nitrogens with zero attached hydrogens (tertiary/aromatic N) is 5. The molecule has 5 nitrogen and oxygen atoms in total. The SMILES string of the molecule is c1ccc(-c2nc(-c3ccccc3)nc(-c3ccc(-c4ccc(-n5c6ccccc6c6cc(-c7nc8ccccc8s7)ccc65)c5ccccc45)cc3)n2)cc1. The first-order valence-electron chi connectivity index (χ1n) is 18.6. The average molecular weight is 734 g/mol. The van der Waals surface area contributed by atoms with Crippen molar-refractivity contribution in [2.24, 2.45) is 0 Å². The molecule has 0 spiro atoms. The third-order valence-electron chi connectivity index (χ3n) is 10.5. The quantitative estimate of drug-likeness (QED) is 0.171. The van der Waals surface area contributed by atoms with Crippen LogP contribution < -0.4 is 0 Å². The number of hydrogen-bond donors (Lipinski definition) is 0. The van der Waals surface area contributed by atoms with Crippen LogP contribution >= 0.6 is 11.3 Å². The Morgan fingerprint density at radius 2 is 0.893 bits per heavy atom. The molecule has 3 aromatic heterocycles. The van der Waals surface area contributed by atoms with E-state index in [1.807, 2.05) is 66.7 Å². The minimum Gasteiger partial charge on any atom is -0.309 e. The van der Waals surface area contributed by atoms with Gasteiger partial charge in [-0.2, -0.15) is 0 Å². The molecule has 0 fully saturated rings. The van der Waals surface area contributed by atoms with E-state index in [4.69, 9.17) is 19.9 Å². The van der Waals surface area contributed by atoms with Crippen molar-refractivity contribution < 1.29 is 0 Å². The zero-order valence-corrected chi connectivity index (χ0v) is 30.9. The van der Waals surface area contributed by atoms with Crippen molar-refractivity contribution in [2.75, 3.05) is 0 Å². The Bertz CT molecular complexity index is 3150. The first-order chi connectivity index (χ1) is 27.7. The maximum absolute atomic E-state index is 4.97. The van der Waals surface area contributed by atoms with Crippen molar-refractivity contribution in [1.29, 1.82) is 0 Å². The molecule has 0 saturated carbocycles. The standard InChI is InChI=1S/C50H31N5S/c1-3-13-33(14-4-1)47-52-48(34-15-5-2-6-16-34)54-49(53-47)35-25-23-32(24-26-35)37-28-30-44(39-18-8-7-17-38(37)39)55-43-21-11-9-19-40(43)41-31-36(27-29-45(41)55)50-51-42-20-10-12-22-46(42)56-50/h1-31H. The van der Waals surface area contributed by atoms with Crippen molar-refractivity contribution >= 4 is 54.1 Å². The van der Waals surface area contributed by atoms with Crippen LogP contribution in [0.4, 0.5) is 0 Å². The number of rotatable bonds is 6. The van der Waals surface area contributed by atoms with Crippen molar-refractivity contribution in [3.05, 3.63) is 188 Å². The third kappa shape index (κ3) is 5.46. The van der Waals surface area contributed by atoms with Crippen LogP contribution in [-0.4, -0.2) is 24.5 Å². The van der Waals surface area contributed by atoms with Crippen molar-refractivity contribution in [2.45, 2.75) is 0 Å². The highest BCUT2D eigenvalue weighted by Gasteiger charge is 2.18. The van der Waals surface area contributed by atoms with E-state index < -0.39 is 0 Å². The zero-order chi connectivity index (χ0) is 37.0. The molecular weight excluding hydrogens is 703 g/mol. The van der Waals surface area contributed by atoms with Gasteiger partial charge in [-0.25, -0.2) is 19.9 Å². The molecule has 0 atom stereocenters. The highest BCUT2D eigenvalue weighted by Crippen LogP contribution is 2.40. The van der Waals surface area contributed by atoms with Gasteiger partial charge in [0.1, 0.15) is 5.01 Å². The van der Waals surface area contributed by atoms with Gasteiger partial charge in [-0.15, -0.1) is 11.3 Å². The molecule has 0 bridgehead atoms. The Morgan fingerprint density at radius 1 is 0.357 bits per heavy atom. The van der Waals surface area contributed by atoms with Gasteiger partial charge in [-0.3, -0.25) is 0 Å². The van der Waals surface area contributed by atoms with Crippen LogP contribution in [0.2, 0.25) is 0 Å². The van der Waals surface area contributed by atoms with Gasteiger partial charge in [0.05, 0.1) is 26.9 Å². The molecule has 0 aliphatic carbocycles. The van der Waals surface area contributed by atoms with Crippen LogP contribution in [-0.2, 0) is 0 Å². The second kappa shape index (κ2) is 13.2. The average Bonchev–Trinajstić information content (AvgIpc) is 3.86. The molecule has 56 heavy (non-hydrogen) atoms. The molecule has 0 unspecified atom stereocenters. The number of hydrogen-bond acceptors (Lipinski definition) is 5. The maximum atomic E-state index is 4.97. The molecule has 262 valence electrons. The van der Waals surface area contributed by atoms with Gasteiger partial charge in [0.15, 0.2) is 17.5 Å². The number of benzene rings is 8. The van der Waals surface area contributed by atoms with Gasteiger partial charge >= 0.3 is 0 Å². The fourth-order valence-corrected chi connectivity index (χ4v) is 8.79. The molecule has 0 N–H and O–H groups in total. The van der Waals surface area contributed by atoms with E-state index in [2.05, 4.69) is 126 Å². The first kappa shape index (κ1) is 32.2. The molecule has 11 aromatic rings. The Morgan fingerprint density at radius 3 is 1.59 bits per heavy atom. The highest BCUT2D eigenvalue weighted by atomic mass is 32.1. The fraction of sp³-hybridized carbons (Fsp3) is 0. The lowest BCUT2D eigenvalue weighted by Crippen LogP contribution is -2.00. The second-order valence-electron chi connectivity index (χ2n) is 13.9. The Balaban J connectivity index is 1.01. The molecule has 0 amide bonds. The monoisotopic (exact) mass is 733 g/mol. The third-order valence-corrected chi connectivity index (χ3v) is 11.6. The minimum absolute atomic E-state index is 0.641. The number of fused-ring (bicyclic) bond motifs is 5. The Hall–Kier alpha value is -7.28. The van der Waals surface area contributed by atoms with E-state index in [-0.39, 0.29) is 0 Å². The molecule has 0 radical (unpaired) electrons. The maximum Gasteiger partial charge on any atom is 0.164 e. The van der Waals surface area contributed by atoms with Crippen LogP contribution in [0.15, 0.2) is 188 Å². The molecule has 11 rings (SSSR count). The summed E-state index contributed by atoms with van der Waals surface area (Å²) in [6, 6.07) is 65.8. The van der Waals surface area contributed by atoms with Crippen LogP contribution in [0.25, 0.3) is 104 Å². The minimum atomic E-state index is 0.641. The summed E-state index contributed by atoms with van der Waals surface area (Å²) in [6.07, 6.45) is 0. The summed E-state index contributed by atoms with van der Waals surface area (Å²) >= 11 is 1.74. The Kier molecular flexibility index (Phi) is 7.60. The summed E-state index contributed by atoms with van der Waals surface area (Å²) < 4.78 is 3.61. The topological polar surface area (TPSA) is 56.5 Å². The summed E-state index contributed by atoms with van der Waals surface area (Å²) in [6.45, 7) is 0. The number of thiazole rings is 1. The first-order valence-corrected chi connectivity index (χ1v) is 19.5. The van der Waals surface area contributed by atoms with Crippen LogP contribution in [0, 0.1) is 0 Å². The van der Waals surface area contributed by atoms with Crippen molar-refractivity contribution in [3.8, 4) is 61.5 Å². The van der Waals surface area contributed by atoms with E-state index in [9.17, 15) is 0 Å². The molecule has 3 heterocycles. The smallest absolute Gasteiger partial charge is 0.164 e. The van der Waals surface area contributed by atoms with Gasteiger partial charge < -0.3 is 4.57 Å². The van der Waals surface area contributed by atoms with Crippen LogP contribution in [0.1, 0.15) is 0 Å². The summed E-state index contributed by atoms with van der Waals surface area (Å²) in [4.78, 5) is 19.7. The van der Waals surface area contributed by atoms with Crippen molar-refractivity contribution in [1.82, 2.24) is 24.5 Å². The van der Waals surface area contributed by atoms with E-state index in [1.54, 1.807) is 11.3 Å². The predicted molar refractivity (Wildman–Crippen MR) is 232 cm³/mol. The van der Waals surface area contributed by atoms with E-state index >= 15 is 0 Å². The van der Waals surface area contributed by atoms with Crippen molar-refractivity contribution in [3.63, 3.8) is 0 Å². The molecule has 0 aliphatic rings. The molecule has 0 aliphatic heterocycles. The molecular formula is C50H31N5S. The zero-order valence-electron chi connectivity index (χ0n) is 30.0. The van der Waals surface area contributed by atoms with E-state index in [0.29, 0.717) is 17.5 Å². The number of aromatic nitrogens is 5. The second-order valence-corrected chi connectivity index (χ2v) is 14.9. The van der Waals surface area contributed by atoms with Gasteiger partial charge in [-0.05, 0) is 59.0 Å². The highest BCUT2D eigenvalue weighted by molar-refractivity contribution is 7.21. The van der Waals surface area contributed by atoms with E-state index in [1.165, 1.54) is 42.8 Å². The summed E-state index contributed by atoms with van der Waals surface area (Å²) in [5.41, 5.74) is 10.8. The lowest BCUT2D eigenvalue weighted by Gasteiger charge is -2.15. The summed E-state index contributed by atoms with van der Waals surface area (Å²) in [5, 5.41) is 5.84. The van der Waals surface area contributed by atoms with Gasteiger partial charge in [0, 0.05) is 38.4 Å². The molecule has 6 heteroatoms. The normalized spacial score (nSPS) is 11.6. The number of para-hydroxylation sites is 2. The fourth-order valence-electron chi connectivity index (χ4n) is 7.83. The van der Waals surface area contributed by atoms with Gasteiger partial charge in [-0.1, -0.05) is 146 Å². The van der Waals surface area contributed by atoms with Crippen LogP contribution in [0.5, 0.6) is 0 Å². The lowest BCUT2D eigenvalue weighted by atomic mass is 9.96. The Labute approximate surface area is 326 Å².